The number of aryl methyl sites for hydroxylation is 1. The normalized spacial score (nSPS) is 28.0. The molecule has 1 aromatic carbocycles. The summed E-state index contributed by atoms with van der Waals surface area (Å²) in [5.74, 6) is -3.71. The maximum Gasteiger partial charge on any atom is 0.262 e. The highest BCUT2D eigenvalue weighted by molar-refractivity contribution is 7.89. The van der Waals surface area contributed by atoms with Gasteiger partial charge in [-0.3, -0.25) is 4.79 Å². The number of alkyl halides is 2. The second-order valence-electron chi connectivity index (χ2n) is 6.36. The van der Waals surface area contributed by atoms with Crippen molar-refractivity contribution in [2.45, 2.75) is 30.6 Å². The Balaban J connectivity index is 2.02. The van der Waals surface area contributed by atoms with Crippen molar-refractivity contribution in [3.8, 4) is 0 Å². The Morgan fingerprint density at radius 3 is 2.52 bits per heavy atom. The van der Waals surface area contributed by atoms with Gasteiger partial charge in [0.1, 0.15) is 0 Å². The number of benzene rings is 1. The number of hydrogen-bond donors (Lipinski definition) is 1. The summed E-state index contributed by atoms with van der Waals surface area (Å²) in [6, 6.07) is 6.26. The minimum atomic E-state index is -4.08. The number of amides is 1. The molecule has 126 valence electrons. The van der Waals surface area contributed by atoms with Crippen LogP contribution >= 0.6 is 0 Å². The highest BCUT2D eigenvalue weighted by Gasteiger charge is 2.57. The molecule has 8 heteroatoms. The summed E-state index contributed by atoms with van der Waals surface area (Å²) >= 11 is 0. The van der Waals surface area contributed by atoms with Crippen LogP contribution in [0.4, 0.5) is 8.78 Å². The van der Waals surface area contributed by atoms with Gasteiger partial charge in [0, 0.05) is 19.5 Å². The first-order valence-corrected chi connectivity index (χ1v) is 8.82. The van der Waals surface area contributed by atoms with Crippen LogP contribution in [-0.2, 0) is 14.8 Å². The number of carbonyl (C=O) groups excluding carboxylic acids is 1. The van der Waals surface area contributed by atoms with E-state index < -0.39 is 40.2 Å². The highest BCUT2D eigenvalue weighted by atomic mass is 32.2. The van der Waals surface area contributed by atoms with Gasteiger partial charge in [-0.05, 0) is 25.0 Å². The molecule has 23 heavy (non-hydrogen) atoms. The van der Waals surface area contributed by atoms with Crippen LogP contribution in [0.3, 0.4) is 0 Å². The molecular weight excluding hydrogens is 326 g/mol. The van der Waals surface area contributed by atoms with Gasteiger partial charge >= 0.3 is 0 Å². The Bertz CT molecular complexity index is 751. The fraction of sp³-hybridized carbons (Fsp3) is 0.533. The summed E-state index contributed by atoms with van der Waals surface area (Å²) in [6.45, 7) is 0.823. The van der Waals surface area contributed by atoms with Crippen molar-refractivity contribution in [3.63, 3.8) is 0 Å². The molecule has 1 spiro atoms. The van der Waals surface area contributed by atoms with E-state index in [0.29, 0.717) is 12.1 Å². The minimum absolute atomic E-state index is 0.00579. The molecule has 2 aliphatic heterocycles. The molecular formula is C15H18F2N2O3S. The van der Waals surface area contributed by atoms with Crippen LogP contribution in [0.25, 0.3) is 0 Å². The number of sulfonamides is 1. The predicted molar refractivity (Wildman–Crippen MR) is 79.6 cm³/mol. The summed E-state index contributed by atoms with van der Waals surface area (Å²) in [5.41, 5.74) is -0.844. The van der Waals surface area contributed by atoms with Gasteiger partial charge < -0.3 is 5.32 Å². The zero-order valence-corrected chi connectivity index (χ0v) is 13.5. The van der Waals surface area contributed by atoms with Crippen LogP contribution in [-0.4, -0.2) is 44.2 Å². The summed E-state index contributed by atoms with van der Waals surface area (Å²) in [6.07, 6.45) is -0.382. The molecule has 2 heterocycles. The minimum Gasteiger partial charge on any atom is -0.356 e. The molecule has 0 aliphatic carbocycles. The number of nitrogens with zero attached hydrogens (tertiary/aromatic N) is 1. The van der Waals surface area contributed by atoms with E-state index in [1.165, 1.54) is 6.07 Å². The lowest BCUT2D eigenvalue weighted by atomic mass is 9.78. The molecule has 0 radical (unpaired) electrons. The highest BCUT2D eigenvalue weighted by Crippen LogP contribution is 2.44. The quantitative estimate of drug-likeness (QED) is 0.885. The number of halogens is 2. The third kappa shape index (κ3) is 2.74. The Morgan fingerprint density at radius 2 is 1.91 bits per heavy atom. The van der Waals surface area contributed by atoms with Crippen molar-refractivity contribution in [1.29, 1.82) is 0 Å². The molecule has 2 fully saturated rings. The van der Waals surface area contributed by atoms with Gasteiger partial charge in [0.15, 0.2) is 0 Å². The molecule has 1 unspecified atom stereocenters. The van der Waals surface area contributed by atoms with E-state index >= 15 is 0 Å². The summed E-state index contributed by atoms with van der Waals surface area (Å²) in [5, 5.41) is 2.55. The number of piperidine rings is 1. The van der Waals surface area contributed by atoms with Crippen LogP contribution in [0.15, 0.2) is 29.2 Å². The van der Waals surface area contributed by atoms with Gasteiger partial charge in [0.05, 0.1) is 16.9 Å². The van der Waals surface area contributed by atoms with Gasteiger partial charge in [-0.2, -0.15) is 4.31 Å². The summed E-state index contributed by atoms with van der Waals surface area (Å²) in [4.78, 5) is 12.1. The lowest BCUT2D eigenvalue weighted by Crippen LogP contribution is -2.56. The molecule has 2 aliphatic rings. The Hall–Kier alpha value is -1.54. The first-order valence-electron chi connectivity index (χ1n) is 7.38. The molecule has 1 amide bonds. The lowest BCUT2D eigenvalue weighted by molar-refractivity contribution is -0.142. The summed E-state index contributed by atoms with van der Waals surface area (Å²) in [7, 11) is -4.08. The Kier molecular flexibility index (Phi) is 3.72. The zero-order valence-electron chi connectivity index (χ0n) is 12.7. The van der Waals surface area contributed by atoms with Crippen molar-refractivity contribution in [2.75, 3.05) is 19.6 Å². The van der Waals surface area contributed by atoms with E-state index in [4.69, 9.17) is 0 Å². The average Bonchev–Trinajstić information content (AvgIpc) is 2.77. The molecule has 0 saturated carbocycles. The van der Waals surface area contributed by atoms with E-state index in [2.05, 4.69) is 5.32 Å². The van der Waals surface area contributed by atoms with Gasteiger partial charge in [-0.25, -0.2) is 17.2 Å². The van der Waals surface area contributed by atoms with Crippen molar-refractivity contribution >= 4 is 15.9 Å². The molecule has 0 aromatic heterocycles. The fourth-order valence-corrected chi connectivity index (χ4v) is 5.23. The van der Waals surface area contributed by atoms with Crippen molar-refractivity contribution in [2.24, 2.45) is 5.41 Å². The van der Waals surface area contributed by atoms with Crippen molar-refractivity contribution in [3.05, 3.63) is 29.8 Å². The van der Waals surface area contributed by atoms with Crippen LogP contribution in [0.2, 0.25) is 0 Å². The topological polar surface area (TPSA) is 66.5 Å². The average molecular weight is 344 g/mol. The van der Waals surface area contributed by atoms with Crippen molar-refractivity contribution < 1.29 is 22.0 Å². The van der Waals surface area contributed by atoms with Crippen LogP contribution in [0, 0.1) is 12.3 Å². The summed E-state index contributed by atoms with van der Waals surface area (Å²) < 4.78 is 54.7. The first-order chi connectivity index (χ1) is 10.7. The third-order valence-electron chi connectivity index (χ3n) is 4.57. The van der Waals surface area contributed by atoms with Gasteiger partial charge in [0.25, 0.3) is 5.92 Å². The number of nitrogens with one attached hydrogen (secondary N) is 1. The number of rotatable bonds is 2. The molecule has 3 rings (SSSR count). The maximum absolute atomic E-state index is 14.2. The largest absolute Gasteiger partial charge is 0.356 e. The molecule has 0 bridgehead atoms. The van der Waals surface area contributed by atoms with Crippen LogP contribution in [0.5, 0.6) is 0 Å². The van der Waals surface area contributed by atoms with E-state index in [9.17, 15) is 22.0 Å². The maximum atomic E-state index is 14.2. The second kappa shape index (κ2) is 5.24. The van der Waals surface area contributed by atoms with E-state index in [-0.39, 0.29) is 17.9 Å². The standard InChI is InChI=1S/C15H18F2N2O3S/c1-11-4-2-3-5-12(11)23(21,22)19-9-14(6-7-18-13(14)20)8-15(16,17)10-19/h2-5H,6-10H2,1H3,(H,18,20). The Labute approximate surface area is 133 Å². The lowest BCUT2D eigenvalue weighted by Gasteiger charge is -2.41. The van der Waals surface area contributed by atoms with Crippen molar-refractivity contribution in [1.82, 2.24) is 9.62 Å². The number of hydrogen-bond acceptors (Lipinski definition) is 3. The molecule has 1 aromatic rings. The SMILES string of the molecule is Cc1ccccc1S(=O)(=O)N1CC(F)(F)CC2(CCNC2=O)C1. The molecule has 1 atom stereocenters. The smallest absolute Gasteiger partial charge is 0.262 e. The molecule has 1 N–H and O–H groups in total. The van der Waals surface area contributed by atoms with Gasteiger partial charge in [-0.15, -0.1) is 0 Å². The van der Waals surface area contributed by atoms with Gasteiger partial charge in [0.2, 0.25) is 15.9 Å². The van der Waals surface area contributed by atoms with Crippen LogP contribution < -0.4 is 5.32 Å². The van der Waals surface area contributed by atoms with E-state index in [0.717, 1.165) is 4.31 Å². The fourth-order valence-electron chi connectivity index (χ4n) is 3.45. The van der Waals surface area contributed by atoms with Gasteiger partial charge in [-0.1, -0.05) is 18.2 Å². The Morgan fingerprint density at radius 1 is 1.22 bits per heavy atom. The zero-order chi connectivity index (χ0) is 16.9. The third-order valence-corrected chi connectivity index (χ3v) is 6.52. The van der Waals surface area contributed by atoms with Crippen LogP contribution in [0.1, 0.15) is 18.4 Å². The monoisotopic (exact) mass is 344 g/mol. The van der Waals surface area contributed by atoms with E-state index in [1.54, 1.807) is 25.1 Å². The molecule has 2 saturated heterocycles. The van der Waals surface area contributed by atoms with E-state index in [1.807, 2.05) is 0 Å². The molecule has 5 nitrogen and oxygen atoms in total. The first kappa shape index (κ1) is 16.3. The second-order valence-corrected chi connectivity index (χ2v) is 8.26. The predicted octanol–water partition coefficient (Wildman–Crippen LogP) is 1.53. The number of carbonyl (C=O) groups is 1.